The molecule has 0 saturated carbocycles. The van der Waals surface area contributed by atoms with Gasteiger partial charge in [-0.2, -0.15) is 0 Å². The van der Waals surface area contributed by atoms with Gasteiger partial charge in [0.2, 0.25) is 5.91 Å². The minimum atomic E-state index is -0.545. The molecule has 0 aliphatic heterocycles. The molecular weight excluding hydrogens is 326 g/mol. The van der Waals surface area contributed by atoms with Crippen LogP contribution in [0.4, 0.5) is 0 Å². The van der Waals surface area contributed by atoms with Crippen molar-refractivity contribution in [2.45, 2.75) is 64.9 Å². The van der Waals surface area contributed by atoms with E-state index in [4.69, 9.17) is 4.74 Å². The summed E-state index contributed by atoms with van der Waals surface area (Å²) in [6.07, 6.45) is 4.21. The van der Waals surface area contributed by atoms with Crippen LogP contribution in [0.3, 0.4) is 0 Å². The molecule has 6 heteroatoms. The molecule has 118 valence electrons. The van der Waals surface area contributed by atoms with Gasteiger partial charge < -0.3 is 4.74 Å². The zero-order valence-corrected chi connectivity index (χ0v) is 14.2. The molecular formula is C14H26BrNO4. The zero-order valence-electron chi connectivity index (χ0n) is 12.7. The van der Waals surface area contributed by atoms with E-state index in [1.165, 1.54) is 0 Å². The first-order valence-electron chi connectivity index (χ1n) is 7.03. The molecule has 0 saturated heterocycles. The van der Waals surface area contributed by atoms with Crippen LogP contribution in [0.5, 0.6) is 0 Å². The second-order valence-corrected chi connectivity index (χ2v) is 6.50. The van der Waals surface area contributed by atoms with E-state index in [0.29, 0.717) is 11.5 Å². The molecule has 0 aromatic carbocycles. The summed E-state index contributed by atoms with van der Waals surface area (Å²) >= 11 is 3.35. The van der Waals surface area contributed by atoms with Crippen LogP contribution in [0, 0.1) is 0 Å². The Labute approximate surface area is 129 Å². The third-order valence-corrected chi connectivity index (χ3v) is 3.07. The first kappa shape index (κ1) is 19.4. The Bertz CT molecular complexity index is 302. The van der Waals surface area contributed by atoms with E-state index in [2.05, 4.69) is 15.9 Å². The number of carbonyl (C=O) groups is 2. The molecule has 0 rings (SSSR count). The summed E-state index contributed by atoms with van der Waals surface area (Å²) in [6, 6.07) is 0. The van der Waals surface area contributed by atoms with Gasteiger partial charge in [-0.3, -0.25) is 14.8 Å². The molecule has 0 aliphatic rings. The number of amides is 1. The number of rotatable bonds is 9. The first-order valence-corrected chi connectivity index (χ1v) is 8.15. The Hall–Kier alpha value is -0.620. The van der Waals surface area contributed by atoms with Crippen LogP contribution in [0.2, 0.25) is 0 Å². The summed E-state index contributed by atoms with van der Waals surface area (Å²) in [4.78, 5) is 23.0. The van der Waals surface area contributed by atoms with Crippen LogP contribution >= 0.6 is 15.9 Å². The van der Waals surface area contributed by atoms with E-state index in [1.807, 2.05) is 0 Å². The quantitative estimate of drug-likeness (QED) is 0.227. The number of halogens is 1. The van der Waals surface area contributed by atoms with Crippen molar-refractivity contribution in [3.8, 4) is 0 Å². The minimum absolute atomic E-state index is 0.00307. The number of unbranched alkanes of at least 4 members (excludes halogenated alkanes) is 3. The lowest BCUT2D eigenvalue weighted by Crippen LogP contribution is -2.31. The van der Waals surface area contributed by atoms with Crippen LogP contribution in [0.1, 0.15) is 59.3 Å². The molecule has 0 aliphatic carbocycles. The Balaban J connectivity index is 3.77. The average molecular weight is 352 g/mol. The smallest absolute Gasteiger partial charge is 0.308 e. The van der Waals surface area contributed by atoms with Crippen LogP contribution in [0.25, 0.3) is 0 Å². The summed E-state index contributed by atoms with van der Waals surface area (Å²) in [6.45, 7) is 5.31. The van der Waals surface area contributed by atoms with Crippen molar-refractivity contribution in [3.63, 3.8) is 0 Å². The average Bonchev–Trinajstić information content (AvgIpc) is 2.33. The van der Waals surface area contributed by atoms with Gasteiger partial charge in [0.1, 0.15) is 5.60 Å². The van der Waals surface area contributed by atoms with E-state index in [-0.39, 0.29) is 18.9 Å². The van der Waals surface area contributed by atoms with Crippen molar-refractivity contribution in [1.29, 1.82) is 0 Å². The van der Waals surface area contributed by atoms with Crippen molar-refractivity contribution >= 4 is 27.8 Å². The van der Waals surface area contributed by atoms with Crippen molar-refractivity contribution in [3.05, 3.63) is 0 Å². The van der Waals surface area contributed by atoms with E-state index >= 15 is 0 Å². The lowest BCUT2D eigenvalue weighted by Gasteiger charge is -2.20. The number of hydrogen-bond acceptors (Lipinski definition) is 4. The normalized spacial score (nSPS) is 11.2. The van der Waals surface area contributed by atoms with Gasteiger partial charge in [-0.15, -0.1) is 0 Å². The number of hydroxylamine groups is 2. The highest BCUT2D eigenvalue weighted by Crippen LogP contribution is 2.09. The molecule has 0 atom stereocenters. The highest BCUT2D eigenvalue weighted by Gasteiger charge is 2.18. The highest BCUT2D eigenvalue weighted by atomic mass is 79.9. The van der Waals surface area contributed by atoms with Gasteiger partial charge in [-0.05, 0) is 33.6 Å². The maximum Gasteiger partial charge on any atom is 0.308 e. The summed E-state index contributed by atoms with van der Waals surface area (Å²) < 4.78 is 5.10. The highest BCUT2D eigenvalue weighted by molar-refractivity contribution is 9.09. The molecule has 0 fully saturated rings. The molecule has 1 N–H and O–H groups in total. The summed E-state index contributed by atoms with van der Waals surface area (Å²) in [7, 11) is 0. The maximum atomic E-state index is 11.6. The third-order valence-electron chi connectivity index (χ3n) is 2.51. The van der Waals surface area contributed by atoms with Gasteiger partial charge in [0.15, 0.2) is 0 Å². The molecule has 0 unspecified atom stereocenters. The lowest BCUT2D eigenvalue weighted by molar-refractivity contribution is -0.170. The number of ether oxygens (including phenoxy) is 1. The molecule has 0 bridgehead atoms. The number of carbonyl (C=O) groups excluding carboxylic acids is 2. The molecule has 0 heterocycles. The minimum Gasteiger partial charge on any atom is -0.460 e. The number of hydrogen-bond donors (Lipinski definition) is 1. The lowest BCUT2D eigenvalue weighted by atomic mass is 10.1. The first-order chi connectivity index (χ1) is 9.26. The molecule has 5 nitrogen and oxygen atoms in total. The Morgan fingerprint density at radius 2 is 1.70 bits per heavy atom. The monoisotopic (exact) mass is 351 g/mol. The van der Waals surface area contributed by atoms with Gasteiger partial charge in [-0.25, -0.2) is 5.06 Å². The standard InChI is InChI=1S/C14H26BrNO4/c1-14(2,3)20-13(18)9-11-16(19)12(17)8-6-4-5-7-10-15/h19H,4-11H2,1-3H3. The predicted octanol–water partition coefficient (Wildman–Crippen LogP) is 3.28. The largest absolute Gasteiger partial charge is 0.460 e. The summed E-state index contributed by atoms with van der Waals surface area (Å²) in [5, 5.41) is 11.1. The van der Waals surface area contributed by atoms with Crippen molar-refractivity contribution in [2.75, 3.05) is 11.9 Å². The fourth-order valence-corrected chi connectivity index (χ4v) is 1.96. The van der Waals surface area contributed by atoms with Crippen LogP contribution in [-0.4, -0.2) is 39.6 Å². The molecule has 1 amide bonds. The van der Waals surface area contributed by atoms with Gasteiger partial charge in [0.25, 0.3) is 0 Å². The Morgan fingerprint density at radius 3 is 2.25 bits per heavy atom. The molecule has 20 heavy (non-hydrogen) atoms. The fourth-order valence-electron chi connectivity index (χ4n) is 1.57. The van der Waals surface area contributed by atoms with E-state index in [1.54, 1.807) is 20.8 Å². The van der Waals surface area contributed by atoms with Crippen LogP contribution in [0.15, 0.2) is 0 Å². The Kier molecular flexibility index (Phi) is 9.84. The molecule has 0 spiro atoms. The van der Waals surface area contributed by atoms with E-state index < -0.39 is 11.6 Å². The number of nitrogens with zero attached hydrogens (tertiary/aromatic N) is 1. The summed E-state index contributed by atoms with van der Waals surface area (Å²) in [5.41, 5.74) is -0.545. The van der Waals surface area contributed by atoms with Crippen LogP contribution in [-0.2, 0) is 14.3 Å². The molecule has 0 aromatic rings. The topological polar surface area (TPSA) is 66.8 Å². The van der Waals surface area contributed by atoms with Gasteiger partial charge in [0.05, 0.1) is 13.0 Å². The second-order valence-electron chi connectivity index (χ2n) is 5.71. The van der Waals surface area contributed by atoms with Gasteiger partial charge in [-0.1, -0.05) is 28.8 Å². The van der Waals surface area contributed by atoms with Gasteiger partial charge in [0, 0.05) is 11.8 Å². The van der Waals surface area contributed by atoms with Crippen molar-refractivity contribution < 1.29 is 19.5 Å². The SMILES string of the molecule is CC(C)(C)OC(=O)CCN(O)C(=O)CCCCCCBr. The van der Waals surface area contributed by atoms with Crippen molar-refractivity contribution in [1.82, 2.24) is 5.06 Å². The fraction of sp³-hybridized carbons (Fsp3) is 0.857. The van der Waals surface area contributed by atoms with Gasteiger partial charge >= 0.3 is 5.97 Å². The number of alkyl halides is 1. The third kappa shape index (κ3) is 11.2. The predicted molar refractivity (Wildman–Crippen MR) is 80.8 cm³/mol. The van der Waals surface area contributed by atoms with E-state index in [0.717, 1.165) is 31.0 Å². The molecule has 0 radical (unpaired) electrons. The second kappa shape index (κ2) is 10.2. The zero-order chi connectivity index (χ0) is 15.6. The summed E-state index contributed by atoms with van der Waals surface area (Å²) in [5.74, 6) is -0.755. The van der Waals surface area contributed by atoms with E-state index in [9.17, 15) is 14.8 Å². The molecule has 0 aromatic heterocycles. The number of esters is 1. The van der Waals surface area contributed by atoms with Crippen LogP contribution < -0.4 is 0 Å². The maximum absolute atomic E-state index is 11.6. The Morgan fingerprint density at radius 1 is 1.10 bits per heavy atom. The van der Waals surface area contributed by atoms with Crippen molar-refractivity contribution in [2.24, 2.45) is 0 Å².